The Morgan fingerprint density at radius 1 is 1.09 bits per heavy atom. The number of ether oxygens (including phenoxy) is 1. The van der Waals surface area contributed by atoms with Crippen molar-refractivity contribution in [1.29, 1.82) is 0 Å². The van der Waals surface area contributed by atoms with Crippen molar-refractivity contribution < 1.29 is 9.53 Å². The van der Waals surface area contributed by atoms with Crippen LogP contribution >= 0.6 is 11.3 Å². The van der Waals surface area contributed by atoms with E-state index in [4.69, 9.17) is 15.5 Å². The maximum absolute atomic E-state index is 11.2. The van der Waals surface area contributed by atoms with Gasteiger partial charge in [-0.25, -0.2) is 15.0 Å². The molecule has 8 nitrogen and oxygen atoms in total. The second-order valence-electron chi connectivity index (χ2n) is 7.41. The highest BCUT2D eigenvalue weighted by molar-refractivity contribution is 7.14. The number of nitrogens with two attached hydrogens (primary N) is 1. The minimum atomic E-state index is -0.526. The molecule has 4 heterocycles. The molecule has 9 heteroatoms. The van der Waals surface area contributed by atoms with Gasteiger partial charge in [0.1, 0.15) is 23.1 Å². The Hall–Kier alpha value is -3.85. The number of thiazole rings is 1. The largest absolute Gasteiger partial charge is 0.444 e. The van der Waals surface area contributed by atoms with E-state index in [1.54, 1.807) is 30.5 Å². The number of carbonyl (C=O) groups excluding carboxylic acids is 1. The first-order valence-corrected chi connectivity index (χ1v) is 10.8. The fourth-order valence-electron chi connectivity index (χ4n) is 2.87. The molecule has 0 radical (unpaired) electrons. The summed E-state index contributed by atoms with van der Waals surface area (Å²) in [5.41, 5.74) is 8.00. The van der Waals surface area contributed by atoms with E-state index < -0.39 is 5.91 Å². The van der Waals surface area contributed by atoms with Gasteiger partial charge in [-0.3, -0.25) is 9.78 Å². The molecule has 0 atom stereocenters. The summed E-state index contributed by atoms with van der Waals surface area (Å²) in [6, 6.07) is 12.6. The van der Waals surface area contributed by atoms with Gasteiger partial charge in [-0.15, -0.1) is 0 Å². The molecule has 32 heavy (non-hydrogen) atoms. The van der Waals surface area contributed by atoms with Crippen LogP contribution in [0, 0.1) is 6.92 Å². The van der Waals surface area contributed by atoms with Gasteiger partial charge in [-0.05, 0) is 37.3 Å². The molecule has 0 fully saturated rings. The first-order valence-electron chi connectivity index (χ1n) is 10.0. The van der Waals surface area contributed by atoms with Crippen molar-refractivity contribution in [2.24, 2.45) is 5.73 Å². The lowest BCUT2D eigenvalue weighted by Gasteiger charge is -2.08. The Morgan fingerprint density at radius 2 is 1.94 bits per heavy atom. The van der Waals surface area contributed by atoms with E-state index in [-0.39, 0.29) is 5.92 Å². The highest BCUT2D eigenvalue weighted by atomic mass is 32.1. The molecular formula is C23H22N6O2S. The van der Waals surface area contributed by atoms with Crippen molar-refractivity contribution in [2.75, 3.05) is 5.32 Å². The van der Waals surface area contributed by atoms with Crippen LogP contribution in [0.3, 0.4) is 0 Å². The van der Waals surface area contributed by atoms with Gasteiger partial charge in [0.25, 0.3) is 0 Å². The van der Waals surface area contributed by atoms with Gasteiger partial charge < -0.3 is 15.8 Å². The molecular weight excluding hydrogens is 424 g/mol. The Kier molecular flexibility index (Phi) is 6.09. The molecule has 0 aromatic carbocycles. The van der Waals surface area contributed by atoms with Crippen LogP contribution in [0.25, 0.3) is 11.4 Å². The van der Waals surface area contributed by atoms with E-state index in [1.165, 1.54) is 17.5 Å². The van der Waals surface area contributed by atoms with Crippen LogP contribution < -0.4 is 15.8 Å². The predicted molar refractivity (Wildman–Crippen MR) is 125 cm³/mol. The van der Waals surface area contributed by atoms with Crippen LogP contribution in [0.2, 0.25) is 0 Å². The van der Waals surface area contributed by atoms with Crippen LogP contribution in [0.4, 0.5) is 11.6 Å². The number of nitrogens with zero attached hydrogens (tertiary/aromatic N) is 4. The molecule has 0 aliphatic heterocycles. The van der Waals surface area contributed by atoms with Crippen molar-refractivity contribution in [2.45, 2.75) is 26.7 Å². The topological polar surface area (TPSA) is 116 Å². The van der Waals surface area contributed by atoms with E-state index in [0.29, 0.717) is 28.0 Å². The zero-order chi connectivity index (χ0) is 22.7. The molecule has 0 saturated heterocycles. The normalized spacial score (nSPS) is 10.9. The van der Waals surface area contributed by atoms with E-state index in [0.717, 1.165) is 22.1 Å². The van der Waals surface area contributed by atoms with Gasteiger partial charge in [0.05, 0.1) is 16.3 Å². The summed E-state index contributed by atoms with van der Waals surface area (Å²) in [5, 5.41) is 4.74. The summed E-state index contributed by atoms with van der Waals surface area (Å²) in [6.45, 7) is 6.15. The summed E-state index contributed by atoms with van der Waals surface area (Å²) in [4.78, 5) is 29.1. The Morgan fingerprint density at radius 3 is 2.62 bits per heavy atom. The molecule has 4 aromatic heterocycles. The van der Waals surface area contributed by atoms with E-state index >= 15 is 0 Å². The lowest BCUT2D eigenvalue weighted by atomic mass is 10.2. The summed E-state index contributed by atoms with van der Waals surface area (Å²) < 4.78 is 6.22. The molecule has 0 aliphatic carbocycles. The van der Waals surface area contributed by atoms with Gasteiger partial charge in [0.15, 0.2) is 0 Å². The fraction of sp³-hybridized carbons (Fsp3) is 0.174. The van der Waals surface area contributed by atoms with Gasteiger partial charge in [-0.2, -0.15) is 0 Å². The number of nitrogens with one attached hydrogen (secondary N) is 1. The lowest BCUT2D eigenvalue weighted by Crippen LogP contribution is -2.11. The Labute approximate surface area is 189 Å². The van der Waals surface area contributed by atoms with Crippen LogP contribution in [-0.4, -0.2) is 25.8 Å². The third-order valence-corrected chi connectivity index (χ3v) is 5.72. The number of anilines is 2. The molecule has 4 aromatic rings. The summed E-state index contributed by atoms with van der Waals surface area (Å²) in [6.07, 6.45) is 3.06. The number of carbonyl (C=O) groups is 1. The Balaban J connectivity index is 1.60. The first kappa shape index (κ1) is 21.4. The van der Waals surface area contributed by atoms with Crippen LogP contribution in [0.5, 0.6) is 10.8 Å². The number of aromatic nitrogens is 4. The van der Waals surface area contributed by atoms with Crippen molar-refractivity contribution >= 4 is 28.9 Å². The summed E-state index contributed by atoms with van der Waals surface area (Å²) in [5.74, 6) is 1.42. The number of aryl methyl sites for hydroxylation is 1. The molecule has 162 valence electrons. The zero-order valence-corrected chi connectivity index (χ0v) is 18.7. The maximum atomic E-state index is 11.2. The summed E-state index contributed by atoms with van der Waals surface area (Å²) in [7, 11) is 0. The van der Waals surface area contributed by atoms with Crippen molar-refractivity contribution in [3.05, 3.63) is 71.1 Å². The average molecular weight is 447 g/mol. The molecule has 4 rings (SSSR count). The first-order chi connectivity index (χ1) is 15.4. The van der Waals surface area contributed by atoms with E-state index in [9.17, 15) is 4.79 Å². The van der Waals surface area contributed by atoms with Crippen LogP contribution in [-0.2, 0) is 0 Å². The number of pyridine rings is 3. The summed E-state index contributed by atoms with van der Waals surface area (Å²) >= 11 is 1.51. The number of rotatable bonds is 7. The van der Waals surface area contributed by atoms with Gasteiger partial charge in [0.2, 0.25) is 11.0 Å². The molecule has 0 bridgehead atoms. The fourth-order valence-corrected chi connectivity index (χ4v) is 3.82. The minimum absolute atomic E-state index is 0.269. The van der Waals surface area contributed by atoms with Gasteiger partial charge >= 0.3 is 0 Å². The number of amides is 1. The monoisotopic (exact) mass is 446 g/mol. The second kappa shape index (κ2) is 9.11. The average Bonchev–Trinajstić information content (AvgIpc) is 3.18. The van der Waals surface area contributed by atoms with E-state index in [1.807, 2.05) is 25.1 Å². The van der Waals surface area contributed by atoms with Crippen molar-refractivity contribution in [3.8, 4) is 22.2 Å². The number of hydrogen-bond donors (Lipinski definition) is 2. The highest BCUT2D eigenvalue weighted by Gasteiger charge is 2.18. The molecule has 1 amide bonds. The lowest BCUT2D eigenvalue weighted by molar-refractivity contribution is 0.1000. The Bertz CT molecular complexity index is 1250. The minimum Gasteiger partial charge on any atom is -0.444 e. The van der Waals surface area contributed by atoms with Crippen molar-refractivity contribution in [3.63, 3.8) is 0 Å². The molecule has 0 unspecified atom stereocenters. The number of hydrogen-bond acceptors (Lipinski definition) is 8. The smallest absolute Gasteiger partial charge is 0.250 e. The zero-order valence-electron chi connectivity index (χ0n) is 17.9. The molecule has 3 N–H and O–H groups in total. The van der Waals surface area contributed by atoms with Crippen LogP contribution in [0.15, 0.2) is 54.9 Å². The molecule has 0 saturated carbocycles. The third-order valence-electron chi connectivity index (χ3n) is 4.48. The van der Waals surface area contributed by atoms with E-state index in [2.05, 4.69) is 34.1 Å². The SMILES string of the molecule is Cc1cccc(-c2nc(C(C)C)sc2Oc2ccnc(Nc3ccc(C(N)=O)cn3)c2)n1. The van der Waals surface area contributed by atoms with Crippen LogP contribution in [0.1, 0.15) is 40.8 Å². The predicted octanol–water partition coefficient (Wildman–Crippen LogP) is 5.06. The highest BCUT2D eigenvalue weighted by Crippen LogP contribution is 2.40. The van der Waals surface area contributed by atoms with Gasteiger partial charge in [0, 0.05) is 30.1 Å². The van der Waals surface area contributed by atoms with Gasteiger partial charge in [-0.1, -0.05) is 31.3 Å². The quantitative estimate of drug-likeness (QED) is 0.407. The third kappa shape index (κ3) is 4.89. The molecule has 0 spiro atoms. The van der Waals surface area contributed by atoms with Crippen molar-refractivity contribution in [1.82, 2.24) is 19.9 Å². The maximum Gasteiger partial charge on any atom is 0.250 e. The standard InChI is InChI=1S/C23H22N6O2S/c1-13(2)22-29-20(17-6-4-5-14(3)27-17)23(32-22)31-16-9-10-25-19(11-16)28-18-8-7-15(12-26-18)21(24)30/h4-13H,1-3H3,(H2,24,30)(H,25,26,28). The second-order valence-corrected chi connectivity index (χ2v) is 8.40. The number of primary amides is 1. The molecule has 0 aliphatic rings.